The van der Waals surface area contributed by atoms with E-state index < -0.39 is 12.9 Å². The lowest BCUT2D eigenvalue weighted by molar-refractivity contribution is 0.426. The van der Waals surface area contributed by atoms with Gasteiger partial charge in [-0.25, -0.2) is 9.37 Å². The van der Waals surface area contributed by atoms with Crippen LogP contribution in [0.15, 0.2) is 54.7 Å². The molecule has 0 atom stereocenters. The smallest absolute Gasteiger partial charge is 0.488 e. The van der Waals surface area contributed by atoms with E-state index in [-0.39, 0.29) is 23.0 Å². The molecule has 1 heterocycles. The summed E-state index contributed by atoms with van der Waals surface area (Å²) < 4.78 is 13.4. The van der Waals surface area contributed by atoms with Gasteiger partial charge in [0.25, 0.3) is 0 Å². The van der Waals surface area contributed by atoms with Crippen LogP contribution in [-0.4, -0.2) is 32.2 Å². The predicted molar refractivity (Wildman–Crippen MR) is 92.6 cm³/mol. The van der Waals surface area contributed by atoms with Gasteiger partial charge < -0.3 is 20.9 Å². The van der Waals surface area contributed by atoms with Gasteiger partial charge in [0.2, 0.25) is 5.95 Å². The highest BCUT2D eigenvalue weighted by Gasteiger charge is 2.19. The van der Waals surface area contributed by atoms with Gasteiger partial charge in [0.1, 0.15) is 5.75 Å². The first-order valence-electron chi connectivity index (χ1n) is 7.29. The second-order valence-corrected chi connectivity index (χ2v) is 5.23. The first-order valence-corrected chi connectivity index (χ1v) is 7.29. The summed E-state index contributed by atoms with van der Waals surface area (Å²) >= 11 is 0. The number of phenols is 1. The molecule has 0 fully saturated rings. The lowest BCUT2D eigenvalue weighted by Crippen LogP contribution is -2.30. The monoisotopic (exact) mass is 340 g/mol. The number of halogens is 1. The Kier molecular flexibility index (Phi) is 4.51. The van der Waals surface area contributed by atoms with Crippen molar-refractivity contribution in [3.63, 3.8) is 0 Å². The maximum Gasteiger partial charge on any atom is 0.488 e. The van der Waals surface area contributed by atoms with Gasteiger partial charge in [-0.05, 0) is 29.7 Å². The number of hydrogen-bond acceptors (Lipinski definition) is 7. The summed E-state index contributed by atoms with van der Waals surface area (Å²) in [6, 6.07) is 12.6. The first kappa shape index (κ1) is 16.7. The molecule has 3 aromatic rings. The van der Waals surface area contributed by atoms with Gasteiger partial charge in [0, 0.05) is 11.8 Å². The van der Waals surface area contributed by atoms with Crippen LogP contribution in [0.25, 0.3) is 0 Å². The minimum Gasteiger partial charge on any atom is -0.508 e. The van der Waals surface area contributed by atoms with Gasteiger partial charge >= 0.3 is 7.12 Å². The number of hydrogen-bond donors (Lipinski definition) is 4. The second kappa shape index (κ2) is 6.75. The van der Waals surface area contributed by atoms with Crippen LogP contribution in [0, 0.1) is 5.82 Å². The largest absolute Gasteiger partial charge is 0.508 e. The Hall–Kier alpha value is -3.17. The topological polar surface area (TPSA) is 116 Å². The number of phenolic OH excluding ortho intramolecular Hbond substituents is 1. The minimum atomic E-state index is -1.66. The number of aromatic nitrogens is 2. The van der Waals surface area contributed by atoms with Crippen molar-refractivity contribution < 1.29 is 19.5 Å². The van der Waals surface area contributed by atoms with Crippen molar-refractivity contribution in [2.45, 2.75) is 0 Å². The Morgan fingerprint density at radius 1 is 1.04 bits per heavy atom. The lowest BCUT2D eigenvalue weighted by Gasteiger charge is -2.23. The van der Waals surface area contributed by atoms with E-state index in [4.69, 9.17) is 5.73 Å². The lowest BCUT2D eigenvalue weighted by atomic mass is 9.80. The second-order valence-electron chi connectivity index (χ2n) is 5.23. The van der Waals surface area contributed by atoms with Gasteiger partial charge in [-0.2, -0.15) is 4.98 Å². The molecule has 5 N–H and O–H groups in total. The van der Waals surface area contributed by atoms with Crippen LogP contribution in [0.4, 0.5) is 27.5 Å². The molecule has 0 saturated heterocycles. The Labute approximate surface area is 143 Å². The number of nitrogens with two attached hydrogens (primary N) is 1. The van der Waals surface area contributed by atoms with E-state index in [1.165, 1.54) is 29.2 Å². The van der Waals surface area contributed by atoms with Crippen LogP contribution in [0.5, 0.6) is 5.75 Å². The number of nitrogen functional groups attached to an aromatic ring is 1. The summed E-state index contributed by atoms with van der Waals surface area (Å²) in [5.41, 5.74) is 6.74. The highest BCUT2D eigenvalue weighted by Crippen LogP contribution is 2.33. The summed E-state index contributed by atoms with van der Waals surface area (Å²) in [4.78, 5) is 9.39. The third-order valence-electron chi connectivity index (χ3n) is 3.47. The minimum absolute atomic E-state index is 0.0101. The van der Waals surface area contributed by atoms with E-state index in [0.717, 1.165) is 6.20 Å². The van der Waals surface area contributed by atoms with Crippen LogP contribution in [0.1, 0.15) is 0 Å². The molecule has 1 aromatic heterocycles. The molecule has 25 heavy (non-hydrogen) atoms. The van der Waals surface area contributed by atoms with Crippen LogP contribution in [-0.2, 0) is 0 Å². The van der Waals surface area contributed by atoms with Gasteiger partial charge in [-0.15, -0.1) is 0 Å². The number of aromatic hydroxyl groups is 1. The summed E-state index contributed by atoms with van der Waals surface area (Å²) in [6.45, 7) is 0. The number of nitrogens with zero attached hydrogens (tertiary/aromatic N) is 3. The molecule has 9 heteroatoms. The molecule has 0 amide bonds. The maximum atomic E-state index is 13.4. The molecule has 3 rings (SSSR count). The fourth-order valence-electron chi connectivity index (χ4n) is 2.31. The third-order valence-corrected chi connectivity index (χ3v) is 3.47. The molecule has 0 spiro atoms. The Bertz CT molecular complexity index is 910. The van der Waals surface area contributed by atoms with E-state index in [1.54, 1.807) is 24.3 Å². The van der Waals surface area contributed by atoms with Crippen molar-refractivity contribution in [1.29, 1.82) is 0 Å². The fraction of sp³-hybridized carbons (Fsp3) is 0. The molecule has 7 nitrogen and oxygen atoms in total. The van der Waals surface area contributed by atoms with Crippen LogP contribution in [0.2, 0.25) is 0 Å². The first-order chi connectivity index (χ1) is 12.0. The average molecular weight is 340 g/mol. The van der Waals surface area contributed by atoms with Gasteiger partial charge in [-0.1, -0.05) is 18.2 Å². The molecule has 0 aliphatic rings. The quantitative estimate of drug-likeness (QED) is 0.525. The van der Waals surface area contributed by atoms with E-state index in [2.05, 4.69) is 9.97 Å². The Morgan fingerprint density at radius 2 is 1.72 bits per heavy atom. The molecule has 0 aliphatic carbocycles. The summed E-state index contributed by atoms with van der Waals surface area (Å²) in [5, 5.41) is 28.5. The van der Waals surface area contributed by atoms with Gasteiger partial charge in [0.05, 0.1) is 11.9 Å². The van der Waals surface area contributed by atoms with Crippen LogP contribution >= 0.6 is 0 Å². The van der Waals surface area contributed by atoms with Crippen molar-refractivity contribution in [1.82, 2.24) is 9.97 Å². The number of benzene rings is 2. The molecule has 2 aromatic carbocycles. The molecule has 0 bridgehead atoms. The fourth-order valence-corrected chi connectivity index (χ4v) is 2.31. The Balaban J connectivity index is 2.18. The molecule has 0 aliphatic heterocycles. The number of rotatable bonds is 4. The molecular formula is C16H14BFN4O3. The SMILES string of the molecule is Nc1nc(N(c2cccc(O)c2)c2cccc(B(O)O)c2)ncc1F. The molecule has 126 valence electrons. The van der Waals surface area contributed by atoms with E-state index in [1.807, 2.05) is 0 Å². The van der Waals surface area contributed by atoms with Crippen molar-refractivity contribution in [3.8, 4) is 5.75 Å². The highest BCUT2D eigenvalue weighted by atomic mass is 19.1. The third kappa shape index (κ3) is 3.52. The van der Waals surface area contributed by atoms with Crippen LogP contribution in [0.3, 0.4) is 0 Å². The Morgan fingerprint density at radius 3 is 2.36 bits per heavy atom. The number of anilines is 4. The van der Waals surface area contributed by atoms with Gasteiger partial charge in [0.15, 0.2) is 11.6 Å². The van der Waals surface area contributed by atoms with E-state index in [0.29, 0.717) is 11.4 Å². The molecule has 0 radical (unpaired) electrons. The zero-order chi connectivity index (χ0) is 18.0. The van der Waals surface area contributed by atoms with Crippen molar-refractivity contribution in [2.75, 3.05) is 10.6 Å². The summed E-state index contributed by atoms with van der Waals surface area (Å²) in [5.74, 6) is -1.00. The average Bonchev–Trinajstić information content (AvgIpc) is 2.59. The van der Waals surface area contributed by atoms with E-state index >= 15 is 0 Å². The predicted octanol–water partition coefficient (Wildman–Crippen LogP) is 1.05. The maximum absolute atomic E-state index is 13.4. The van der Waals surface area contributed by atoms with Crippen LogP contribution < -0.4 is 16.1 Å². The standard InChI is InChI=1S/C16H14BFN4O3/c18-14-9-20-16(21-15(14)19)22(12-5-2-6-13(23)8-12)11-4-1-3-10(7-11)17(24)25/h1-9,23-25H,(H2,19,20,21). The summed E-state index contributed by atoms with van der Waals surface area (Å²) in [6.07, 6.45) is 0.943. The van der Waals surface area contributed by atoms with Gasteiger partial charge in [-0.3, -0.25) is 4.90 Å². The zero-order valence-electron chi connectivity index (χ0n) is 12.9. The molecular weight excluding hydrogens is 326 g/mol. The van der Waals surface area contributed by atoms with E-state index in [9.17, 15) is 19.5 Å². The van der Waals surface area contributed by atoms with Crippen molar-refractivity contribution in [3.05, 3.63) is 60.5 Å². The van der Waals surface area contributed by atoms with Crippen molar-refractivity contribution >= 4 is 35.7 Å². The molecule has 0 saturated carbocycles. The molecule has 0 unspecified atom stereocenters. The normalized spacial score (nSPS) is 10.5. The zero-order valence-corrected chi connectivity index (χ0v) is 12.9. The highest BCUT2D eigenvalue weighted by molar-refractivity contribution is 6.58. The van der Waals surface area contributed by atoms with Crippen molar-refractivity contribution in [2.24, 2.45) is 0 Å². The summed E-state index contributed by atoms with van der Waals surface area (Å²) in [7, 11) is -1.66.